The zero-order valence-corrected chi connectivity index (χ0v) is 21.4. The molecule has 1 atom stereocenters. The van der Waals surface area contributed by atoms with E-state index in [0.717, 1.165) is 28.7 Å². The first-order valence-corrected chi connectivity index (χ1v) is 13.1. The molecule has 4 rings (SSSR count). The molecule has 1 aromatic heterocycles. The number of carbonyl (C=O) groups excluding carboxylic acids is 1. The fourth-order valence-electron chi connectivity index (χ4n) is 4.86. The average molecular weight is 494 g/mol. The van der Waals surface area contributed by atoms with Crippen LogP contribution in [0.2, 0.25) is 0 Å². The molecule has 7 nitrogen and oxygen atoms in total. The van der Waals surface area contributed by atoms with Crippen molar-refractivity contribution in [3.8, 4) is 5.88 Å². The minimum Gasteiger partial charge on any atom is -0.480 e. The molecule has 1 amide bonds. The first-order chi connectivity index (χ1) is 16.7. The van der Waals surface area contributed by atoms with E-state index in [1.807, 2.05) is 18.2 Å². The number of aromatic nitrogens is 1. The summed E-state index contributed by atoms with van der Waals surface area (Å²) in [6.45, 7) is 7.42. The number of rotatable bonds is 6. The highest BCUT2D eigenvalue weighted by molar-refractivity contribution is 7.90. The maximum Gasteiger partial charge on any atom is 0.269 e. The van der Waals surface area contributed by atoms with Crippen LogP contribution in [0, 0.1) is 20.8 Å². The van der Waals surface area contributed by atoms with E-state index in [4.69, 9.17) is 4.74 Å². The topological polar surface area (TPSA) is 88.6 Å². The van der Waals surface area contributed by atoms with Crippen LogP contribution in [0.15, 0.2) is 59.6 Å². The number of methoxy groups -OCH3 is 1. The van der Waals surface area contributed by atoms with Crippen molar-refractivity contribution in [3.63, 3.8) is 0 Å². The lowest BCUT2D eigenvalue weighted by atomic mass is 9.98. The molecule has 3 aromatic rings. The Balaban J connectivity index is 1.68. The van der Waals surface area contributed by atoms with Crippen molar-refractivity contribution in [2.75, 3.05) is 13.7 Å². The number of aryl methyl sites for hydroxylation is 3. The minimum absolute atomic E-state index is 0.0539. The van der Waals surface area contributed by atoms with Crippen LogP contribution >= 0.6 is 0 Å². The molecule has 0 saturated heterocycles. The molecule has 0 saturated carbocycles. The van der Waals surface area contributed by atoms with Crippen LogP contribution in [0.3, 0.4) is 0 Å². The number of nitrogens with one attached hydrogen (secondary N) is 1. The third-order valence-corrected chi connectivity index (χ3v) is 7.96. The van der Waals surface area contributed by atoms with Crippen molar-refractivity contribution in [1.29, 1.82) is 0 Å². The Labute approximate surface area is 207 Å². The predicted molar refractivity (Wildman–Crippen MR) is 135 cm³/mol. The molecule has 35 heavy (non-hydrogen) atoms. The van der Waals surface area contributed by atoms with Gasteiger partial charge in [0, 0.05) is 19.3 Å². The first-order valence-electron chi connectivity index (χ1n) is 11.6. The van der Waals surface area contributed by atoms with E-state index in [9.17, 15) is 13.2 Å². The molecule has 0 fully saturated rings. The second-order valence-electron chi connectivity index (χ2n) is 9.07. The molecule has 1 unspecified atom stereocenters. The van der Waals surface area contributed by atoms with Crippen molar-refractivity contribution < 1.29 is 17.9 Å². The van der Waals surface area contributed by atoms with Gasteiger partial charge in [-0.25, -0.2) is 18.1 Å². The number of carbonyl (C=O) groups is 1. The van der Waals surface area contributed by atoms with Gasteiger partial charge < -0.3 is 4.74 Å². The maximum atomic E-state index is 13.6. The Hall–Kier alpha value is -3.23. The zero-order valence-electron chi connectivity index (χ0n) is 20.5. The maximum absolute atomic E-state index is 13.6. The highest BCUT2D eigenvalue weighted by atomic mass is 32.2. The molecule has 1 N–H and O–H groups in total. The molecule has 1 aliphatic rings. The third kappa shape index (κ3) is 5.39. The fourth-order valence-corrected chi connectivity index (χ4v) is 5.99. The fraction of sp³-hybridized carbons (Fsp3) is 0.333. The van der Waals surface area contributed by atoms with E-state index in [2.05, 4.69) is 53.6 Å². The van der Waals surface area contributed by atoms with Gasteiger partial charge in [0.15, 0.2) is 0 Å². The smallest absolute Gasteiger partial charge is 0.269 e. The van der Waals surface area contributed by atoms with Crippen molar-refractivity contribution in [2.45, 2.75) is 51.1 Å². The summed E-state index contributed by atoms with van der Waals surface area (Å²) < 4.78 is 33.7. The Morgan fingerprint density at radius 1 is 1.09 bits per heavy atom. The molecule has 184 valence electrons. The SMILES string of the molecule is COc1ncccc1S(=O)(=O)NC(=O)C1Cc2ccccc2CCN1Cc1c(C)cc(C)cc1C. The number of hydrogen-bond donors (Lipinski definition) is 1. The van der Waals surface area contributed by atoms with Gasteiger partial charge in [-0.3, -0.25) is 9.69 Å². The third-order valence-electron chi connectivity index (χ3n) is 6.60. The number of sulfonamides is 1. The number of ether oxygens (including phenoxy) is 1. The Bertz CT molecular complexity index is 1330. The molecule has 8 heteroatoms. The molecule has 0 bridgehead atoms. The molecule has 1 aliphatic heterocycles. The largest absolute Gasteiger partial charge is 0.480 e. The second-order valence-corrected chi connectivity index (χ2v) is 10.7. The molecule has 2 aromatic carbocycles. The van der Waals surface area contributed by atoms with Gasteiger partial charge in [-0.15, -0.1) is 0 Å². The van der Waals surface area contributed by atoms with E-state index >= 15 is 0 Å². The average Bonchev–Trinajstić information content (AvgIpc) is 3.00. The number of pyridine rings is 1. The number of nitrogens with zero attached hydrogens (tertiary/aromatic N) is 2. The Morgan fingerprint density at radius 2 is 1.77 bits per heavy atom. The van der Waals surface area contributed by atoms with E-state index in [1.165, 1.54) is 36.6 Å². The van der Waals surface area contributed by atoms with Gasteiger partial charge in [-0.2, -0.15) is 0 Å². The van der Waals surface area contributed by atoms with Crippen molar-refractivity contribution in [1.82, 2.24) is 14.6 Å². The lowest BCUT2D eigenvalue weighted by molar-refractivity contribution is -0.124. The standard InChI is InChI=1S/C27H31N3O4S/c1-18-14-19(2)23(20(3)15-18)17-30-13-11-21-8-5-6-9-22(21)16-24(30)26(31)29-35(32,33)25-10-7-12-28-27(25)34-4/h5-10,12,14-15,24H,11,13,16-17H2,1-4H3,(H,29,31). The molecule has 2 heterocycles. The summed E-state index contributed by atoms with van der Waals surface area (Å²) in [6, 6.07) is 14.5. The summed E-state index contributed by atoms with van der Waals surface area (Å²) in [4.78, 5) is 19.5. The van der Waals surface area contributed by atoms with Crippen LogP contribution in [0.5, 0.6) is 5.88 Å². The van der Waals surface area contributed by atoms with Gasteiger partial charge in [-0.05, 0) is 73.6 Å². The summed E-state index contributed by atoms with van der Waals surface area (Å²) >= 11 is 0. The van der Waals surface area contributed by atoms with Crippen molar-refractivity contribution in [2.24, 2.45) is 0 Å². The van der Waals surface area contributed by atoms with E-state index in [0.29, 0.717) is 19.5 Å². The summed E-state index contributed by atoms with van der Waals surface area (Å²) in [6.07, 6.45) is 2.65. The van der Waals surface area contributed by atoms with Gasteiger partial charge in [0.1, 0.15) is 4.90 Å². The summed E-state index contributed by atoms with van der Waals surface area (Å²) in [5.41, 5.74) is 6.92. The normalized spacial score (nSPS) is 16.3. The lowest BCUT2D eigenvalue weighted by Gasteiger charge is -2.30. The molecular weight excluding hydrogens is 462 g/mol. The molecule has 0 aliphatic carbocycles. The van der Waals surface area contributed by atoms with Gasteiger partial charge in [0.2, 0.25) is 5.88 Å². The highest BCUT2D eigenvalue weighted by Crippen LogP contribution is 2.26. The lowest BCUT2D eigenvalue weighted by Crippen LogP contribution is -2.49. The Kier molecular flexibility index (Phi) is 7.23. The molecule has 0 radical (unpaired) electrons. The minimum atomic E-state index is -4.17. The van der Waals surface area contributed by atoms with Crippen LogP contribution in [-0.2, 0) is 34.2 Å². The summed E-state index contributed by atoms with van der Waals surface area (Å²) in [5, 5.41) is 0. The van der Waals surface area contributed by atoms with Crippen LogP contribution in [0.25, 0.3) is 0 Å². The van der Waals surface area contributed by atoms with Crippen LogP contribution < -0.4 is 9.46 Å². The van der Waals surface area contributed by atoms with E-state index < -0.39 is 22.0 Å². The van der Waals surface area contributed by atoms with Crippen LogP contribution in [-0.4, -0.2) is 43.9 Å². The zero-order chi connectivity index (χ0) is 25.2. The van der Waals surface area contributed by atoms with Crippen LogP contribution in [0.1, 0.15) is 33.4 Å². The quantitative estimate of drug-likeness (QED) is 0.566. The second kappa shape index (κ2) is 10.2. The Morgan fingerprint density at radius 3 is 2.46 bits per heavy atom. The summed E-state index contributed by atoms with van der Waals surface area (Å²) in [7, 11) is -2.83. The van der Waals surface area contributed by atoms with Crippen molar-refractivity contribution >= 4 is 15.9 Å². The molecular formula is C27H31N3O4S. The van der Waals surface area contributed by atoms with Crippen molar-refractivity contribution in [3.05, 3.63) is 88.1 Å². The number of benzene rings is 2. The monoisotopic (exact) mass is 493 g/mol. The first kappa shape index (κ1) is 24.9. The summed E-state index contributed by atoms with van der Waals surface area (Å²) in [5.74, 6) is -0.614. The number of amides is 1. The van der Waals surface area contributed by atoms with Gasteiger partial charge in [0.25, 0.3) is 15.9 Å². The predicted octanol–water partition coefficient (Wildman–Crippen LogP) is 3.49. The van der Waals surface area contributed by atoms with E-state index in [1.54, 1.807) is 0 Å². The number of fused-ring (bicyclic) bond motifs is 1. The number of hydrogen-bond acceptors (Lipinski definition) is 6. The van der Waals surface area contributed by atoms with E-state index in [-0.39, 0.29) is 10.8 Å². The van der Waals surface area contributed by atoms with Gasteiger partial charge in [-0.1, -0.05) is 42.0 Å². The highest BCUT2D eigenvalue weighted by Gasteiger charge is 2.33. The van der Waals surface area contributed by atoms with Gasteiger partial charge in [0.05, 0.1) is 13.2 Å². The molecule has 0 spiro atoms. The van der Waals surface area contributed by atoms with Gasteiger partial charge >= 0.3 is 0 Å². The van der Waals surface area contributed by atoms with Crippen LogP contribution in [0.4, 0.5) is 0 Å².